The Kier molecular flexibility index (Phi) is 15.3. The highest BCUT2D eigenvalue weighted by atomic mass is 16.6. The van der Waals surface area contributed by atoms with Gasteiger partial charge in [-0.25, -0.2) is 0 Å². The first-order valence-corrected chi connectivity index (χ1v) is 20.3. The van der Waals surface area contributed by atoms with E-state index in [-0.39, 0.29) is 17.9 Å². The molecule has 16 nitrogen and oxygen atoms in total. The minimum absolute atomic E-state index is 0.0281. The van der Waals surface area contributed by atoms with Crippen LogP contribution in [0.5, 0.6) is 0 Å². The topological polar surface area (TPSA) is 213 Å². The number of fused-ring (bicyclic) bond motifs is 2. The second-order valence-corrected chi connectivity index (χ2v) is 17.0. The number of aromatic nitrogens is 3. The first kappa shape index (κ1) is 44.7. The molecule has 7 rings (SSSR count). The van der Waals surface area contributed by atoms with Crippen LogP contribution < -0.4 is 5.32 Å². The number of ether oxygens (including phenoxy) is 6. The molecule has 4 saturated carbocycles. The molecule has 1 aromatic rings. The SMILES string of the molecule is C=C1C(=O)C23C(CC[C@@H]1[C@H]2O)[C@@]12CO[C@@]3(O)[C@@H](O)[C@@H]1C(C)(C)CC[C@@H]2O.CNC(=O)CCOCCOCCOCCOCCOCc1cn(CCC(C)C)nn1. The van der Waals surface area contributed by atoms with Crippen molar-refractivity contribution in [3.8, 4) is 0 Å². The molecule has 1 aromatic heterocycles. The van der Waals surface area contributed by atoms with E-state index in [4.69, 9.17) is 28.4 Å². The van der Waals surface area contributed by atoms with E-state index in [0.717, 1.165) is 25.1 Å². The number of carbonyl (C=O) groups is 2. The van der Waals surface area contributed by atoms with Crippen LogP contribution in [0, 0.1) is 39.9 Å². The first-order valence-electron chi connectivity index (χ1n) is 20.3. The lowest BCUT2D eigenvalue weighted by Gasteiger charge is -2.74. The summed E-state index contributed by atoms with van der Waals surface area (Å²) < 4.78 is 34.7. The van der Waals surface area contributed by atoms with E-state index in [1.165, 1.54) is 0 Å². The van der Waals surface area contributed by atoms with Gasteiger partial charge in [-0.3, -0.25) is 14.3 Å². The Bertz CT molecular complexity index is 1470. The first-order chi connectivity index (χ1) is 26.7. The summed E-state index contributed by atoms with van der Waals surface area (Å²) in [5, 5.41) is 55.9. The maximum atomic E-state index is 13.3. The summed E-state index contributed by atoms with van der Waals surface area (Å²) in [4.78, 5) is 24.3. The van der Waals surface area contributed by atoms with Crippen LogP contribution in [0.1, 0.15) is 71.9 Å². The number of aliphatic hydroxyl groups is 4. The van der Waals surface area contributed by atoms with Gasteiger partial charge in [-0.1, -0.05) is 39.5 Å². The number of nitrogens with one attached hydrogen (secondary N) is 1. The molecule has 0 aromatic carbocycles. The van der Waals surface area contributed by atoms with Crippen molar-refractivity contribution in [3.05, 3.63) is 24.0 Å². The lowest BCUT2D eigenvalue weighted by molar-refractivity contribution is -0.458. The summed E-state index contributed by atoms with van der Waals surface area (Å²) in [6.07, 6.45) is 2.63. The predicted octanol–water partition coefficient (Wildman–Crippen LogP) is 1.42. The van der Waals surface area contributed by atoms with Crippen LogP contribution in [-0.2, 0) is 51.2 Å². The number of rotatable bonds is 20. The third-order valence-electron chi connectivity index (χ3n) is 12.9. The Morgan fingerprint density at radius 3 is 2.18 bits per heavy atom. The number of hydrogen-bond acceptors (Lipinski definition) is 14. The van der Waals surface area contributed by atoms with Crippen LogP contribution in [-0.4, -0.2) is 144 Å². The molecule has 56 heavy (non-hydrogen) atoms. The highest BCUT2D eigenvalue weighted by Crippen LogP contribution is 2.76. The number of aliphatic hydroxyl groups excluding tert-OH is 3. The fourth-order valence-electron chi connectivity index (χ4n) is 10.1. The normalized spacial score (nSPS) is 33.9. The van der Waals surface area contributed by atoms with E-state index in [9.17, 15) is 30.0 Å². The van der Waals surface area contributed by atoms with Gasteiger partial charge in [0.15, 0.2) is 5.78 Å². The van der Waals surface area contributed by atoms with Gasteiger partial charge in [0.2, 0.25) is 11.7 Å². The Labute approximate surface area is 330 Å². The molecule has 2 unspecified atom stereocenters. The number of amides is 1. The van der Waals surface area contributed by atoms with E-state index < -0.39 is 58.5 Å². The quantitative estimate of drug-likeness (QED) is 0.0934. The number of ketones is 1. The average Bonchev–Trinajstić information content (AvgIpc) is 3.66. The molecule has 4 bridgehead atoms. The molecule has 6 aliphatic rings. The molecule has 6 fully saturated rings. The van der Waals surface area contributed by atoms with E-state index in [0.29, 0.717) is 103 Å². The molecule has 2 aliphatic heterocycles. The van der Waals surface area contributed by atoms with Crippen LogP contribution in [0.25, 0.3) is 0 Å². The van der Waals surface area contributed by atoms with Crippen LogP contribution in [0.3, 0.4) is 0 Å². The summed E-state index contributed by atoms with van der Waals surface area (Å²) in [5.41, 5.74) is -1.65. The smallest absolute Gasteiger partial charge is 0.222 e. The highest BCUT2D eigenvalue weighted by Gasteiger charge is 2.86. The molecule has 9 atom stereocenters. The van der Waals surface area contributed by atoms with Gasteiger partial charge in [0.1, 0.15) is 17.2 Å². The molecular weight excluding hydrogens is 728 g/mol. The molecule has 318 valence electrons. The third kappa shape index (κ3) is 8.66. The number of hydrogen-bond donors (Lipinski definition) is 5. The van der Waals surface area contributed by atoms with Gasteiger partial charge >= 0.3 is 0 Å². The van der Waals surface area contributed by atoms with E-state index in [2.05, 4.69) is 36.1 Å². The molecule has 5 N–H and O–H groups in total. The minimum Gasteiger partial charge on any atom is -0.392 e. The van der Waals surface area contributed by atoms with Gasteiger partial charge < -0.3 is 54.2 Å². The van der Waals surface area contributed by atoms with E-state index in [1.54, 1.807) is 7.05 Å². The minimum atomic E-state index is -2.15. The Morgan fingerprint density at radius 1 is 0.964 bits per heavy atom. The fraction of sp³-hybridized carbons (Fsp3) is 0.850. The summed E-state index contributed by atoms with van der Waals surface area (Å²) >= 11 is 0. The number of carbonyl (C=O) groups excluding carboxylic acids is 2. The molecule has 0 radical (unpaired) electrons. The summed E-state index contributed by atoms with van der Waals surface area (Å²) in [6, 6.07) is 0. The molecule has 2 spiro atoms. The molecule has 16 heteroatoms. The van der Waals surface area contributed by atoms with Gasteiger partial charge in [0.25, 0.3) is 0 Å². The Balaban J connectivity index is 0.000000215. The van der Waals surface area contributed by atoms with Crippen molar-refractivity contribution < 1.29 is 58.4 Å². The number of aryl methyl sites for hydroxylation is 1. The van der Waals surface area contributed by atoms with Crippen LogP contribution >= 0.6 is 0 Å². The van der Waals surface area contributed by atoms with Crippen molar-refractivity contribution in [2.75, 3.05) is 73.1 Å². The van der Waals surface area contributed by atoms with Crippen LogP contribution in [0.2, 0.25) is 0 Å². The van der Waals surface area contributed by atoms with Crippen molar-refractivity contribution in [2.24, 2.45) is 39.9 Å². The van der Waals surface area contributed by atoms with Crippen molar-refractivity contribution >= 4 is 11.7 Å². The zero-order chi connectivity index (χ0) is 40.7. The van der Waals surface area contributed by atoms with Crippen molar-refractivity contribution in [2.45, 2.75) is 103 Å². The van der Waals surface area contributed by atoms with Crippen molar-refractivity contribution in [1.82, 2.24) is 20.3 Å². The summed E-state index contributed by atoms with van der Waals surface area (Å²) in [7, 11) is 1.61. The molecule has 2 saturated heterocycles. The van der Waals surface area contributed by atoms with Gasteiger partial charge in [-0.15, -0.1) is 5.10 Å². The highest BCUT2D eigenvalue weighted by molar-refractivity contribution is 6.05. The predicted molar refractivity (Wildman–Crippen MR) is 202 cm³/mol. The van der Waals surface area contributed by atoms with Gasteiger partial charge in [0, 0.05) is 37.3 Å². The van der Waals surface area contributed by atoms with Crippen LogP contribution in [0.15, 0.2) is 18.3 Å². The zero-order valence-electron chi connectivity index (χ0n) is 34.0. The van der Waals surface area contributed by atoms with E-state index >= 15 is 0 Å². The molecular formula is C40H66N4O12. The largest absolute Gasteiger partial charge is 0.392 e. The monoisotopic (exact) mass is 794 g/mol. The van der Waals surface area contributed by atoms with Crippen LogP contribution in [0.4, 0.5) is 0 Å². The number of Topliss-reactive ketones (excluding diaryl/α,β-unsaturated/α-hetero) is 1. The van der Waals surface area contributed by atoms with E-state index in [1.807, 2.05) is 24.7 Å². The fourth-order valence-corrected chi connectivity index (χ4v) is 10.1. The second kappa shape index (κ2) is 19.1. The third-order valence-corrected chi connectivity index (χ3v) is 12.9. The molecule has 4 aliphatic carbocycles. The lowest BCUT2D eigenvalue weighted by Crippen LogP contribution is -2.85. The summed E-state index contributed by atoms with van der Waals surface area (Å²) in [5.74, 6) is -3.18. The van der Waals surface area contributed by atoms with Crippen molar-refractivity contribution in [1.29, 1.82) is 0 Å². The maximum Gasteiger partial charge on any atom is 0.222 e. The van der Waals surface area contributed by atoms with Gasteiger partial charge in [-0.2, -0.15) is 0 Å². The maximum absolute atomic E-state index is 13.3. The van der Waals surface area contributed by atoms with Crippen molar-refractivity contribution in [3.63, 3.8) is 0 Å². The average molecular weight is 795 g/mol. The molecule has 3 heterocycles. The lowest BCUT2D eigenvalue weighted by atomic mass is 9.35. The Morgan fingerprint density at radius 2 is 1.57 bits per heavy atom. The standard InChI is InChI=1S/C20H38N4O6.C20H28O6/c1-18(2)4-6-24-16-19(22-23-24)17-30-15-14-29-13-12-28-11-10-27-9-8-26-7-5-20(25)21-3;1-9-10-4-5-11-18-8-26-20(25,19(11,14(9)22)15(10)23)16(24)13(18)17(2,3)7-6-12(18)21/h16,18H,4-15,17H2,1-3H3,(H,21,25);10-13,15-16,21,23-25H,1,4-8H2,2-3H3/t;10-,11?,12-,13+,15+,16-,18+,19?,20-/m.0/s1. The van der Waals surface area contributed by atoms with Gasteiger partial charge in [0.05, 0.1) is 91.1 Å². The Hall–Kier alpha value is -2.38. The van der Waals surface area contributed by atoms with Gasteiger partial charge in [-0.05, 0) is 54.9 Å². The number of nitrogens with zero attached hydrogens (tertiary/aromatic N) is 3. The molecule has 1 amide bonds. The zero-order valence-corrected chi connectivity index (χ0v) is 34.0. The summed E-state index contributed by atoms with van der Waals surface area (Å²) in [6.45, 7) is 18.2. The second-order valence-electron chi connectivity index (χ2n) is 17.0.